The van der Waals surface area contributed by atoms with Crippen LogP contribution in [0.5, 0.6) is 0 Å². The number of esters is 1. The average molecular weight is 183 g/mol. The van der Waals surface area contributed by atoms with Gasteiger partial charge in [-0.1, -0.05) is 19.4 Å². The molecule has 0 aromatic heterocycles. The van der Waals surface area contributed by atoms with Crippen LogP contribution in [0, 0.1) is 5.92 Å². The van der Waals surface area contributed by atoms with Gasteiger partial charge in [-0.3, -0.25) is 0 Å². The summed E-state index contributed by atoms with van der Waals surface area (Å²) in [6.45, 7) is 5.81. The fourth-order valence-electron chi connectivity index (χ4n) is 1.30. The minimum atomic E-state index is -0.190. The Bertz CT molecular complexity index is 187. The average Bonchev–Trinajstić information content (AvgIpc) is 2.88. The van der Waals surface area contributed by atoms with Crippen LogP contribution in [-0.4, -0.2) is 18.6 Å². The Morgan fingerprint density at radius 3 is 2.92 bits per heavy atom. The molecule has 74 valence electrons. The second-order valence-electron chi connectivity index (χ2n) is 3.35. The van der Waals surface area contributed by atoms with Crippen LogP contribution in [0.3, 0.4) is 0 Å². The van der Waals surface area contributed by atoms with Gasteiger partial charge >= 0.3 is 5.97 Å². The van der Waals surface area contributed by atoms with Crippen LogP contribution in [0.4, 0.5) is 0 Å². The van der Waals surface area contributed by atoms with Crippen LogP contribution in [0.1, 0.15) is 26.2 Å². The fraction of sp³-hybridized carbons (Fsp3) is 0.700. The summed E-state index contributed by atoms with van der Waals surface area (Å²) in [7, 11) is 0. The normalized spacial score (nSPS) is 17.6. The van der Waals surface area contributed by atoms with E-state index in [0.717, 1.165) is 6.42 Å². The van der Waals surface area contributed by atoms with Gasteiger partial charge in [0.05, 0.1) is 6.61 Å². The standard InChI is InChI=1S/C10H17NO2/c1-3-11-9(7-8-5-6-8)10(12)13-4-2/h3,8-9,11H,1,4-7H2,2H3. The van der Waals surface area contributed by atoms with Crippen molar-refractivity contribution in [1.29, 1.82) is 0 Å². The third-order valence-electron chi connectivity index (χ3n) is 2.16. The van der Waals surface area contributed by atoms with Gasteiger partial charge in [0.2, 0.25) is 0 Å². The third kappa shape index (κ3) is 3.49. The highest BCUT2D eigenvalue weighted by atomic mass is 16.5. The summed E-state index contributed by atoms with van der Waals surface area (Å²) in [5.74, 6) is 0.552. The molecule has 0 saturated heterocycles. The molecule has 3 heteroatoms. The van der Waals surface area contributed by atoms with E-state index >= 15 is 0 Å². The van der Waals surface area contributed by atoms with Crippen molar-refractivity contribution in [3.05, 3.63) is 12.8 Å². The first-order chi connectivity index (χ1) is 6.27. The number of ether oxygens (including phenoxy) is 1. The minimum Gasteiger partial charge on any atom is -0.464 e. The predicted octanol–water partition coefficient (Wildman–Crippen LogP) is 1.45. The number of nitrogens with one attached hydrogen (secondary N) is 1. The lowest BCUT2D eigenvalue weighted by molar-refractivity contribution is -0.145. The second kappa shape index (κ2) is 4.90. The van der Waals surface area contributed by atoms with E-state index in [-0.39, 0.29) is 12.0 Å². The lowest BCUT2D eigenvalue weighted by Crippen LogP contribution is -2.35. The van der Waals surface area contributed by atoms with Gasteiger partial charge < -0.3 is 10.1 Å². The molecule has 1 unspecified atom stereocenters. The number of carbonyl (C=O) groups is 1. The predicted molar refractivity (Wildman–Crippen MR) is 51.1 cm³/mol. The van der Waals surface area contributed by atoms with Crippen molar-refractivity contribution in [3.63, 3.8) is 0 Å². The van der Waals surface area contributed by atoms with Crippen LogP contribution in [0.25, 0.3) is 0 Å². The minimum absolute atomic E-state index is 0.158. The summed E-state index contributed by atoms with van der Waals surface area (Å²) in [6.07, 6.45) is 4.93. The number of rotatable bonds is 6. The summed E-state index contributed by atoms with van der Waals surface area (Å²) in [6, 6.07) is -0.190. The highest BCUT2D eigenvalue weighted by Gasteiger charge is 2.29. The molecule has 1 fully saturated rings. The van der Waals surface area contributed by atoms with Crippen molar-refractivity contribution in [2.45, 2.75) is 32.2 Å². The molecule has 0 radical (unpaired) electrons. The molecule has 0 aliphatic heterocycles. The van der Waals surface area contributed by atoms with Gasteiger partial charge in [0.25, 0.3) is 0 Å². The first-order valence-corrected chi connectivity index (χ1v) is 4.81. The van der Waals surface area contributed by atoms with E-state index in [1.807, 2.05) is 6.92 Å². The molecular formula is C10H17NO2. The number of hydrogen-bond acceptors (Lipinski definition) is 3. The van der Waals surface area contributed by atoms with E-state index in [9.17, 15) is 4.79 Å². The van der Waals surface area contributed by atoms with E-state index in [1.54, 1.807) is 6.20 Å². The molecule has 0 amide bonds. The van der Waals surface area contributed by atoms with E-state index in [2.05, 4.69) is 11.9 Å². The van der Waals surface area contributed by atoms with Gasteiger partial charge in [-0.2, -0.15) is 0 Å². The van der Waals surface area contributed by atoms with Crippen LogP contribution in [0.15, 0.2) is 12.8 Å². The Morgan fingerprint density at radius 2 is 2.46 bits per heavy atom. The van der Waals surface area contributed by atoms with Crippen molar-refractivity contribution in [2.75, 3.05) is 6.61 Å². The lowest BCUT2D eigenvalue weighted by Gasteiger charge is -2.14. The van der Waals surface area contributed by atoms with E-state index in [0.29, 0.717) is 12.5 Å². The molecule has 1 rings (SSSR count). The maximum atomic E-state index is 11.4. The first-order valence-electron chi connectivity index (χ1n) is 4.81. The topological polar surface area (TPSA) is 38.3 Å². The summed E-state index contributed by atoms with van der Waals surface area (Å²) < 4.78 is 4.94. The van der Waals surface area contributed by atoms with Gasteiger partial charge in [0.1, 0.15) is 6.04 Å². The highest BCUT2D eigenvalue weighted by Crippen LogP contribution is 2.33. The quantitative estimate of drug-likeness (QED) is 0.633. The monoisotopic (exact) mass is 183 g/mol. The molecule has 0 bridgehead atoms. The maximum absolute atomic E-state index is 11.4. The molecule has 13 heavy (non-hydrogen) atoms. The third-order valence-corrected chi connectivity index (χ3v) is 2.16. The Labute approximate surface area is 79.2 Å². The molecule has 1 N–H and O–H groups in total. The molecule has 0 spiro atoms. The van der Waals surface area contributed by atoms with E-state index in [4.69, 9.17) is 4.74 Å². The molecule has 1 aliphatic rings. The zero-order chi connectivity index (χ0) is 9.68. The van der Waals surface area contributed by atoms with Crippen LogP contribution in [0.2, 0.25) is 0 Å². The molecule has 1 saturated carbocycles. The van der Waals surface area contributed by atoms with Gasteiger partial charge in [-0.15, -0.1) is 0 Å². The van der Waals surface area contributed by atoms with Crippen LogP contribution < -0.4 is 5.32 Å². The summed E-state index contributed by atoms with van der Waals surface area (Å²) in [5, 5.41) is 2.93. The Kier molecular flexibility index (Phi) is 3.80. The fourth-order valence-corrected chi connectivity index (χ4v) is 1.30. The smallest absolute Gasteiger partial charge is 0.328 e. The van der Waals surface area contributed by atoms with Gasteiger partial charge in [0.15, 0.2) is 0 Å². The maximum Gasteiger partial charge on any atom is 0.328 e. The summed E-state index contributed by atoms with van der Waals surface area (Å²) in [4.78, 5) is 11.4. The molecule has 0 heterocycles. The van der Waals surface area contributed by atoms with Crippen molar-refractivity contribution in [2.24, 2.45) is 5.92 Å². The highest BCUT2D eigenvalue weighted by molar-refractivity contribution is 5.75. The summed E-state index contributed by atoms with van der Waals surface area (Å²) in [5.41, 5.74) is 0. The van der Waals surface area contributed by atoms with Crippen molar-refractivity contribution >= 4 is 5.97 Å². The van der Waals surface area contributed by atoms with Crippen molar-refractivity contribution in [1.82, 2.24) is 5.32 Å². The van der Waals surface area contributed by atoms with E-state index in [1.165, 1.54) is 12.8 Å². The largest absolute Gasteiger partial charge is 0.464 e. The SMILES string of the molecule is C=CNC(CC1CC1)C(=O)OCC. The van der Waals surface area contributed by atoms with Crippen molar-refractivity contribution in [3.8, 4) is 0 Å². The molecule has 1 atom stereocenters. The molecular weight excluding hydrogens is 166 g/mol. The van der Waals surface area contributed by atoms with Crippen molar-refractivity contribution < 1.29 is 9.53 Å². The lowest BCUT2D eigenvalue weighted by atomic mass is 10.1. The Balaban J connectivity index is 2.33. The molecule has 3 nitrogen and oxygen atoms in total. The van der Waals surface area contributed by atoms with E-state index < -0.39 is 0 Å². The molecule has 0 aromatic rings. The number of hydrogen-bond donors (Lipinski definition) is 1. The zero-order valence-corrected chi connectivity index (χ0v) is 8.08. The van der Waals surface area contributed by atoms with Crippen LogP contribution in [-0.2, 0) is 9.53 Å². The summed E-state index contributed by atoms with van der Waals surface area (Å²) >= 11 is 0. The second-order valence-corrected chi connectivity index (χ2v) is 3.35. The Morgan fingerprint density at radius 1 is 1.77 bits per heavy atom. The number of carbonyl (C=O) groups excluding carboxylic acids is 1. The Hall–Kier alpha value is -0.990. The van der Waals surface area contributed by atoms with Gasteiger partial charge in [0, 0.05) is 0 Å². The molecule has 1 aliphatic carbocycles. The van der Waals surface area contributed by atoms with Gasteiger partial charge in [-0.25, -0.2) is 4.79 Å². The van der Waals surface area contributed by atoms with Gasteiger partial charge in [-0.05, 0) is 25.5 Å². The molecule has 0 aromatic carbocycles. The van der Waals surface area contributed by atoms with Crippen LogP contribution >= 0.6 is 0 Å². The zero-order valence-electron chi connectivity index (χ0n) is 8.08. The first kappa shape index (κ1) is 10.1.